The monoisotopic (exact) mass is 371 g/mol. The average Bonchev–Trinajstić information content (AvgIpc) is 2.71. The maximum atomic E-state index is 5.49. The predicted octanol–water partition coefficient (Wildman–Crippen LogP) is 2.96. The zero-order chi connectivity index (χ0) is 19.6. The van der Waals surface area contributed by atoms with Crippen molar-refractivity contribution in [3.63, 3.8) is 0 Å². The van der Waals surface area contributed by atoms with Crippen LogP contribution in [0.3, 0.4) is 0 Å². The lowest BCUT2D eigenvalue weighted by molar-refractivity contribution is 0.382. The van der Waals surface area contributed by atoms with Crippen LogP contribution in [0.5, 0.6) is 17.2 Å². The minimum absolute atomic E-state index is 0.668. The molecule has 0 saturated heterocycles. The number of hydrogen-bond donors (Lipinski definition) is 1. The Balaban J connectivity index is 1.97. The fraction of sp³-hybridized carbons (Fsp3) is 0.381. The van der Waals surface area contributed by atoms with Gasteiger partial charge in [-0.05, 0) is 30.2 Å². The Morgan fingerprint density at radius 3 is 2.37 bits per heavy atom. The summed E-state index contributed by atoms with van der Waals surface area (Å²) in [4.78, 5) is 6.44. The third kappa shape index (κ3) is 5.54. The van der Waals surface area contributed by atoms with Gasteiger partial charge in [-0.3, -0.25) is 4.99 Å². The highest BCUT2D eigenvalue weighted by Crippen LogP contribution is 2.25. The molecular weight excluding hydrogens is 342 g/mol. The summed E-state index contributed by atoms with van der Waals surface area (Å²) < 4.78 is 16.2. The van der Waals surface area contributed by atoms with Crippen molar-refractivity contribution in [3.8, 4) is 17.2 Å². The van der Waals surface area contributed by atoms with Crippen molar-refractivity contribution in [2.24, 2.45) is 4.99 Å². The summed E-state index contributed by atoms with van der Waals surface area (Å²) in [6.45, 7) is 1.43. The lowest BCUT2D eigenvalue weighted by Gasteiger charge is -2.23. The first-order chi connectivity index (χ1) is 13.1. The van der Waals surface area contributed by atoms with Crippen LogP contribution in [-0.4, -0.2) is 52.8 Å². The van der Waals surface area contributed by atoms with Crippen molar-refractivity contribution in [1.29, 1.82) is 0 Å². The summed E-state index contributed by atoms with van der Waals surface area (Å²) in [6.07, 6.45) is 0.850. The molecule has 0 bridgehead atoms. The van der Waals surface area contributed by atoms with Gasteiger partial charge in [0.05, 0.1) is 21.3 Å². The van der Waals surface area contributed by atoms with E-state index in [0.29, 0.717) is 6.54 Å². The lowest BCUT2D eigenvalue weighted by Crippen LogP contribution is -2.39. The van der Waals surface area contributed by atoms with E-state index in [1.165, 1.54) is 5.56 Å². The summed E-state index contributed by atoms with van der Waals surface area (Å²) in [5.74, 6) is 3.30. The molecule has 0 aliphatic heterocycles. The second-order valence-corrected chi connectivity index (χ2v) is 6.07. The molecule has 1 N–H and O–H groups in total. The number of ether oxygens (including phenoxy) is 3. The van der Waals surface area contributed by atoms with Gasteiger partial charge in [-0.1, -0.05) is 18.2 Å². The van der Waals surface area contributed by atoms with Crippen molar-refractivity contribution in [2.75, 3.05) is 42.0 Å². The summed E-state index contributed by atoms with van der Waals surface area (Å²) in [5, 5.41) is 3.40. The van der Waals surface area contributed by atoms with Crippen LogP contribution in [-0.2, 0) is 13.0 Å². The summed E-state index contributed by atoms with van der Waals surface area (Å²) in [5.41, 5.74) is 2.23. The quantitative estimate of drug-likeness (QED) is 0.571. The number of aliphatic imine (C=N–C) groups is 1. The third-order valence-electron chi connectivity index (χ3n) is 4.35. The van der Waals surface area contributed by atoms with Crippen LogP contribution in [0, 0.1) is 0 Å². The highest BCUT2D eigenvalue weighted by molar-refractivity contribution is 5.79. The van der Waals surface area contributed by atoms with Crippen molar-refractivity contribution >= 4 is 5.96 Å². The van der Waals surface area contributed by atoms with Gasteiger partial charge in [0.2, 0.25) is 0 Å². The number of rotatable bonds is 8. The number of para-hydroxylation sites is 1. The van der Waals surface area contributed by atoms with Gasteiger partial charge < -0.3 is 24.4 Å². The van der Waals surface area contributed by atoms with Crippen molar-refractivity contribution < 1.29 is 14.2 Å². The Labute approximate surface area is 161 Å². The van der Waals surface area contributed by atoms with E-state index in [9.17, 15) is 0 Å². The van der Waals surface area contributed by atoms with E-state index in [2.05, 4.69) is 21.3 Å². The van der Waals surface area contributed by atoms with Gasteiger partial charge >= 0.3 is 0 Å². The number of hydrogen-bond acceptors (Lipinski definition) is 4. The molecular formula is C21H29N3O3. The maximum Gasteiger partial charge on any atom is 0.193 e. The van der Waals surface area contributed by atoms with Gasteiger partial charge in [0.1, 0.15) is 17.2 Å². The van der Waals surface area contributed by atoms with Crippen LogP contribution in [0.4, 0.5) is 0 Å². The molecule has 0 saturated carbocycles. The Morgan fingerprint density at radius 2 is 1.70 bits per heavy atom. The molecule has 6 heteroatoms. The first-order valence-corrected chi connectivity index (χ1v) is 8.87. The lowest BCUT2D eigenvalue weighted by atomic mass is 10.1. The van der Waals surface area contributed by atoms with E-state index in [1.54, 1.807) is 28.4 Å². The summed E-state index contributed by atoms with van der Waals surface area (Å²) >= 11 is 0. The molecule has 0 radical (unpaired) electrons. The van der Waals surface area contributed by atoms with Crippen molar-refractivity contribution in [3.05, 3.63) is 53.6 Å². The smallest absolute Gasteiger partial charge is 0.193 e. The van der Waals surface area contributed by atoms with Crippen LogP contribution in [0.25, 0.3) is 0 Å². The molecule has 146 valence electrons. The number of benzene rings is 2. The molecule has 0 spiro atoms. The first-order valence-electron chi connectivity index (χ1n) is 8.87. The molecule has 2 aromatic rings. The van der Waals surface area contributed by atoms with Gasteiger partial charge in [-0.25, -0.2) is 0 Å². The van der Waals surface area contributed by atoms with Crippen LogP contribution < -0.4 is 19.5 Å². The highest BCUT2D eigenvalue weighted by atomic mass is 16.5. The number of nitrogens with one attached hydrogen (secondary N) is 1. The first kappa shape index (κ1) is 20.4. The van der Waals surface area contributed by atoms with Crippen molar-refractivity contribution in [2.45, 2.75) is 13.0 Å². The number of nitrogens with zero attached hydrogens (tertiary/aromatic N) is 2. The summed E-state index contributed by atoms with van der Waals surface area (Å²) in [6, 6.07) is 13.9. The average molecular weight is 371 g/mol. The zero-order valence-corrected chi connectivity index (χ0v) is 16.8. The molecule has 0 unspecified atom stereocenters. The van der Waals surface area contributed by atoms with Gasteiger partial charge in [0.25, 0.3) is 0 Å². The molecule has 0 aliphatic carbocycles. The maximum absolute atomic E-state index is 5.49. The fourth-order valence-electron chi connectivity index (χ4n) is 2.92. The van der Waals surface area contributed by atoms with Crippen LogP contribution in [0.2, 0.25) is 0 Å². The molecule has 0 amide bonds. The minimum atomic E-state index is 0.668. The molecule has 6 nitrogen and oxygen atoms in total. The van der Waals surface area contributed by atoms with Crippen LogP contribution in [0.1, 0.15) is 11.1 Å². The largest absolute Gasteiger partial charge is 0.497 e. The zero-order valence-electron chi connectivity index (χ0n) is 16.8. The van der Waals surface area contributed by atoms with E-state index in [0.717, 1.165) is 41.7 Å². The molecule has 0 atom stereocenters. The Kier molecular flexibility index (Phi) is 7.79. The third-order valence-corrected chi connectivity index (χ3v) is 4.35. The molecule has 0 fully saturated rings. The predicted molar refractivity (Wildman–Crippen MR) is 109 cm³/mol. The normalized spacial score (nSPS) is 11.1. The van der Waals surface area contributed by atoms with E-state index in [-0.39, 0.29) is 0 Å². The topological polar surface area (TPSA) is 55.3 Å². The van der Waals surface area contributed by atoms with Crippen LogP contribution >= 0.6 is 0 Å². The van der Waals surface area contributed by atoms with Gasteiger partial charge in [-0.2, -0.15) is 0 Å². The second-order valence-electron chi connectivity index (χ2n) is 6.07. The Hall–Kier alpha value is -2.89. The van der Waals surface area contributed by atoms with E-state index in [1.807, 2.05) is 43.4 Å². The van der Waals surface area contributed by atoms with Gasteiger partial charge in [0, 0.05) is 38.8 Å². The van der Waals surface area contributed by atoms with Gasteiger partial charge in [0.15, 0.2) is 5.96 Å². The Morgan fingerprint density at radius 1 is 0.963 bits per heavy atom. The van der Waals surface area contributed by atoms with Gasteiger partial charge in [-0.15, -0.1) is 0 Å². The molecule has 0 aliphatic rings. The molecule has 2 aromatic carbocycles. The standard InChI is InChI=1S/C21H29N3O3/c1-22-21(23-13-12-16-8-6-7-9-19(16)26-4)24(2)15-17-10-11-18(25-3)14-20(17)27-5/h6-11,14H,12-13,15H2,1-5H3,(H,22,23). The van der Waals surface area contributed by atoms with E-state index in [4.69, 9.17) is 14.2 Å². The molecule has 2 rings (SSSR count). The fourth-order valence-corrected chi connectivity index (χ4v) is 2.92. The van der Waals surface area contributed by atoms with Crippen LogP contribution in [0.15, 0.2) is 47.5 Å². The number of guanidine groups is 1. The van der Waals surface area contributed by atoms with E-state index >= 15 is 0 Å². The number of methoxy groups -OCH3 is 3. The summed E-state index contributed by atoms with van der Waals surface area (Å²) in [7, 11) is 8.79. The van der Waals surface area contributed by atoms with E-state index < -0.39 is 0 Å². The highest BCUT2D eigenvalue weighted by Gasteiger charge is 2.11. The SMILES string of the molecule is CN=C(NCCc1ccccc1OC)N(C)Cc1ccc(OC)cc1OC. The van der Waals surface area contributed by atoms with Crippen molar-refractivity contribution in [1.82, 2.24) is 10.2 Å². The molecule has 27 heavy (non-hydrogen) atoms. The minimum Gasteiger partial charge on any atom is -0.497 e. The molecule has 0 heterocycles. The Bertz CT molecular complexity index is 762. The molecule has 0 aromatic heterocycles. The second kappa shape index (κ2) is 10.3.